The zero-order chi connectivity index (χ0) is 22.8. The van der Waals surface area contributed by atoms with E-state index >= 15 is 0 Å². The van der Waals surface area contributed by atoms with E-state index in [1.54, 1.807) is 25.5 Å². The van der Waals surface area contributed by atoms with Crippen LogP contribution in [0.5, 0.6) is 11.5 Å². The number of guanidine groups is 1. The molecule has 1 heterocycles. The SMILES string of the molecule is CCCOc1ccc(CNC(=NC)NCc2nncn2-c2ccccc2)c(OC(F)F)c1.I. The topological polar surface area (TPSA) is 85.6 Å². The molecule has 0 saturated heterocycles. The highest BCUT2D eigenvalue weighted by molar-refractivity contribution is 14.0. The maximum Gasteiger partial charge on any atom is 0.387 e. The Morgan fingerprint density at radius 1 is 1.12 bits per heavy atom. The quantitative estimate of drug-likeness (QED) is 0.216. The van der Waals surface area contributed by atoms with Crippen LogP contribution in [0.4, 0.5) is 8.78 Å². The summed E-state index contributed by atoms with van der Waals surface area (Å²) in [5, 5.41) is 14.4. The summed E-state index contributed by atoms with van der Waals surface area (Å²) in [6, 6.07) is 14.6. The van der Waals surface area contributed by atoms with Crippen LogP contribution in [0.3, 0.4) is 0 Å². The number of halogens is 3. The molecule has 0 saturated carbocycles. The number of hydrogen-bond donors (Lipinski definition) is 2. The number of rotatable bonds is 10. The van der Waals surface area contributed by atoms with Gasteiger partial charge in [0, 0.05) is 30.9 Å². The molecule has 11 heteroatoms. The second-order valence-corrected chi connectivity index (χ2v) is 6.73. The number of para-hydroxylation sites is 1. The summed E-state index contributed by atoms with van der Waals surface area (Å²) < 4.78 is 37.8. The molecule has 0 aliphatic heterocycles. The van der Waals surface area contributed by atoms with E-state index in [9.17, 15) is 8.78 Å². The normalized spacial score (nSPS) is 11.1. The highest BCUT2D eigenvalue weighted by atomic mass is 127. The van der Waals surface area contributed by atoms with Gasteiger partial charge in [-0.1, -0.05) is 25.1 Å². The molecule has 0 aliphatic carbocycles. The average Bonchev–Trinajstić information content (AvgIpc) is 3.27. The van der Waals surface area contributed by atoms with E-state index in [0.717, 1.165) is 12.1 Å². The molecule has 0 aliphatic rings. The Morgan fingerprint density at radius 2 is 1.88 bits per heavy atom. The van der Waals surface area contributed by atoms with Crippen molar-refractivity contribution in [3.63, 3.8) is 0 Å². The number of benzene rings is 2. The van der Waals surface area contributed by atoms with E-state index in [4.69, 9.17) is 4.74 Å². The first kappa shape index (κ1) is 26.3. The monoisotopic (exact) mass is 572 g/mol. The van der Waals surface area contributed by atoms with Gasteiger partial charge in [-0.15, -0.1) is 34.2 Å². The van der Waals surface area contributed by atoms with E-state index in [1.807, 2.05) is 41.8 Å². The zero-order valence-electron chi connectivity index (χ0n) is 18.4. The molecule has 33 heavy (non-hydrogen) atoms. The van der Waals surface area contributed by atoms with Gasteiger partial charge in [-0.2, -0.15) is 8.78 Å². The molecule has 178 valence electrons. The number of alkyl halides is 2. The molecule has 3 aromatic rings. The van der Waals surface area contributed by atoms with Crippen molar-refractivity contribution >= 4 is 29.9 Å². The van der Waals surface area contributed by atoms with Crippen LogP contribution < -0.4 is 20.1 Å². The Morgan fingerprint density at radius 3 is 2.58 bits per heavy atom. The third-order valence-corrected chi connectivity index (χ3v) is 4.46. The van der Waals surface area contributed by atoms with Gasteiger partial charge in [0.15, 0.2) is 11.8 Å². The van der Waals surface area contributed by atoms with Gasteiger partial charge in [-0.3, -0.25) is 9.56 Å². The van der Waals surface area contributed by atoms with Crippen LogP contribution in [0, 0.1) is 0 Å². The molecule has 3 rings (SSSR count). The number of hydrogen-bond acceptors (Lipinski definition) is 5. The van der Waals surface area contributed by atoms with Gasteiger partial charge < -0.3 is 20.1 Å². The van der Waals surface area contributed by atoms with Crippen molar-refractivity contribution in [2.24, 2.45) is 4.99 Å². The second-order valence-electron chi connectivity index (χ2n) is 6.73. The largest absolute Gasteiger partial charge is 0.493 e. The maximum atomic E-state index is 12.9. The van der Waals surface area contributed by atoms with Gasteiger partial charge in [-0.25, -0.2) is 0 Å². The van der Waals surface area contributed by atoms with Crippen molar-refractivity contribution in [1.82, 2.24) is 25.4 Å². The van der Waals surface area contributed by atoms with Crippen LogP contribution in [0.15, 0.2) is 59.9 Å². The first-order chi connectivity index (χ1) is 15.6. The molecule has 0 amide bonds. The second kappa shape index (κ2) is 13.6. The summed E-state index contributed by atoms with van der Waals surface area (Å²) in [6.45, 7) is 0.114. The summed E-state index contributed by atoms with van der Waals surface area (Å²) in [7, 11) is 1.62. The van der Waals surface area contributed by atoms with Gasteiger partial charge >= 0.3 is 6.61 Å². The minimum Gasteiger partial charge on any atom is -0.493 e. The number of nitrogens with zero attached hydrogens (tertiary/aromatic N) is 4. The third-order valence-electron chi connectivity index (χ3n) is 4.46. The van der Waals surface area contributed by atoms with Crippen molar-refractivity contribution in [2.75, 3.05) is 13.7 Å². The fraction of sp³-hybridized carbons (Fsp3) is 0.318. The summed E-state index contributed by atoms with van der Waals surface area (Å²) in [5.74, 6) is 1.70. The van der Waals surface area contributed by atoms with E-state index < -0.39 is 6.61 Å². The van der Waals surface area contributed by atoms with E-state index in [1.165, 1.54) is 6.07 Å². The molecule has 0 spiro atoms. The standard InChI is InChI=1S/C22H26F2N6O2.HI/c1-3-11-31-18-10-9-16(19(12-18)32-21(23)24)13-26-22(25-2)27-14-20-29-28-15-30(20)17-7-5-4-6-8-17;/h4-10,12,15,21H,3,11,13-14H2,1-2H3,(H2,25,26,27);1H. The van der Waals surface area contributed by atoms with Gasteiger partial charge in [0.05, 0.1) is 13.2 Å². The van der Waals surface area contributed by atoms with Crippen molar-refractivity contribution in [2.45, 2.75) is 33.0 Å². The average molecular weight is 572 g/mol. The Balaban J connectivity index is 0.00000385. The lowest BCUT2D eigenvalue weighted by molar-refractivity contribution is -0.0505. The molecular formula is C22H27F2IN6O2. The minimum absolute atomic E-state index is 0. The molecule has 0 bridgehead atoms. The number of ether oxygens (including phenoxy) is 2. The first-order valence-corrected chi connectivity index (χ1v) is 10.2. The molecule has 2 N–H and O–H groups in total. The van der Waals surface area contributed by atoms with E-state index in [2.05, 4.69) is 30.6 Å². The summed E-state index contributed by atoms with van der Waals surface area (Å²) in [6.07, 6.45) is 2.45. The zero-order valence-corrected chi connectivity index (χ0v) is 20.7. The Labute approximate surface area is 208 Å². The number of aromatic nitrogens is 3. The molecule has 0 unspecified atom stereocenters. The lowest BCUT2D eigenvalue weighted by Crippen LogP contribution is -2.37. The minimum atomic E-state index is -2.93. The smallest absolute Gasteiger partial charge is 0.387 e. The van der Waals surface area contributed by atoms with Crippen LogP contribution in [0.2, 0.25) is 0 Å². The third kappa shape index (κ3) is 7.84. The summed E-state index contributed by atoms with van der Waals surface area (Å²) in [5.41, 5.74) is 1.49. The molecular weight excluding hydrogens is 545 g/mol. The molecule has 1 aromatic heterocycles. The molecule has 8 nitrogen and oxygen atoms in total. The maximum absolute atomic E-state index is 12.9. The number of nitrogens with one attached hydrogen (secondary N) is 2. The highest BCUT2D eigenvalue weighted by Crippen LogP contribution is 2.26. The molecule has 0 atom stereocenters. The van der Waals surface area contributed by atoms with Crippen LogP contribution in [-0.2, 0) is 13.1 Å². The Bertz CT molecular complexity index is 1020. The Hall–Kier alpha value is -2.96. The van der Waals surface area contributed by atoms with Crippen molar-refractivity contribution in [3.05, 3.63) is 66.2 Å². The van der Waals surface area contributed by atoms with Crippen molar-refractivity contribution in [3.8, 4) is 17.2 Å². The predicted molar refractivity (Wildman–Crippen MR) is 133 cm³/mol. The van der Waals surface area contributed by atoms with Crippen LogP contribution in [0.1, 0.15) is 24.7 Å². The summed E-state index contributed by atoms with van der Waals surface area (Å²) >= 11 is 0. The van der Waals surface area contributed by atoms with Crippen LogP contribution in [-0.4, -0.2) is 41.0 Å². The van der Waals surface area contributed by atoms with Crippen LogP contribution >= 0.6 is 24.0 Å². The highest BCUT2D eigenvalue weighted by Gasteiger charge is 2.13. The van der Waals surface area contributed by atoms with Gasteiger partial charge in [0.2, 0.25) is 0 Å². The fourth-order valence-electron chi connectivity index (χ4n) is 2.94. The molecule has 0 radical (unpaired) electrons. The summed E-state index contributed by atoms with van der Waals surface area (Å²) in [4.78, 5) is 4.18. The molecule has 2 aromatic carbocycles. The number of aliphatic imine (C=N–C) groups is 1. The first-order valence-electron chi connectivity index (χ1n) is 10.2. The molecule has 0 fully saturated rings. The Kier molecular flexibility index (Phi) is 10.8. The lowest BCUT2D eigenvalue weighted by atomic mass is 10.2. The van der Waals surface area contributed by atoms with E-state index in [0.29, 0.717) is 36.2 Å². The van der Waals surface area contributed by atoms with Crippen molar-refractivity contribution < 1.29 is 18.3 Å². The van der Waals surface area contributed by atoms with Crippen molar-refractivity contribution in [1.29, 1.82) is 0 Å². The van der Waals surface area contributed by atoms with Crippen LogP contribution in [0.25, 0.3) is 5.69 Å². The predicted octanol–water partition coefficient (Wildman–Crippen LogP) is 4.14. The van der Waals surface area contributed by atoms with Gasteiger partial charge in [0.1, 0.15) is 17.8 Å². The van der Waals surface area contributed by atoms with E-state index in [-0.39, 0.29) is 36.3 Å². The lowest BCUT2D eigenvalue weighted by Gasteiger charge is -2.16. The van der Waals surface area contributed by atoms with Gasteiger partial charge in [0.25, 0.3) is 0 Å². The fourth-order valence-corrected chi connectivity index (χ4v) is 2.94. The van der Waals surface area contributed by atoms with Gasteiger partial charge in [-0.05, 0) is 30.7 Å².